The molecule has 0 spiro atoms. The zero-order valence-corrected chi connectivity index (χ0v) is 15.1. The SMILES string of the molecule is Cc1cc(C)nc(O[C@H]2CCN(C(=O)NCc3ccc(Cl)cc3)C2)n1. The molecular formula is C18H21ClN4O2. The van der Waals surface area contributed by atoms with Crippen molar-refractivity contribution in [3.05, 3.63) is 52.3 Å². The summed E-state index contributed by atoms with van der Waals surface area (Å²) >= 11 is 5.86. The normalized spacial score (nSPS) is 16.8. The van der Waals surface area contributed by atoms with Crippen LogP contribution >= 0.6 is 11.6 Å². The van der Waals surface area contributed by atoms with Gasteiger partial charge in [-0.05, 0) is 37.6 Å². The first-order valence-corrected chi connectivity index (χ1v) is 8.63. The molecule has 1 aliphatic rings. The first-order valence-electron chi connectivity index (χ1n) is 8.26. The number of likely N-dealkylation sites (tertiary alicyclic amines) is 1. The molecule has 132 valence electrons. The highest BCUT2D eigenvalue weighted by Crippen LogP contribution is 2.16. The van der Waals surface area contributed by atoms with Crippen molar-refractivity contribution in [3.8, 4) is 6.01 Å². The van der Waals surface area contributed by atoms with E-state index in [2.05, 4.69) is 15.3 Å². The van der Waals surface area contributed by atoms with Gasteiger partial charge in [-0.1, -0.05) is 23.7 Å². The van der Waals surface area contributed by atoms with Gasteiger partial charge in [0.05, 0.1) is 6.54 Å². The van der Waals surface area contributed by atoms with E-state index in [1.807, 2.05) is 44.2 Å². The Morgan fingerprint density at radius 1 is 1.28 bits per heavy atom. The third-order valence-corrected chi connectivity index (χ3v) is 4.28. The Hall–Kier alpha value is -2.34. The molecule has 6 nitrogen and oxygen atoms in total. The number of nitrogens with one attached hydrogen (secondary N) is 1. The van der Waals surface area contributed by atoms with E-state index in [4.69, 9.17) is 16.3 Å². The number of urea groups is 1. The molecule has 0 aliphatic carbocycles. The summed E-state index contributed by atoms with van der Waals surface area (Å²) in [6.45, 7) is 5.47. The Morgan fingerprint density at radius 3 is 2.64 bits per heavy atom. The second-order valence-electron chi connectivity index (χ2n) is 6.19. The van der Waals surface area contributed by atoms with Gasteiger partial charge in [0.1, 0.15) is 6.10 Å². The third kappa shape index (κ3) is 4.82. The van der Waals surface area contributed by atoms with Crippen LogP contribution < -0.4 is 10.1 Å². The average Bonchev–Trinajstić information content (AvgIpc) is 3.01. The molecule has 2 amide bonds. The van der Waals surface area contributed by atoms with Crippen molar-refractivity contribution < 1.29 is 9.53 Å². The minimum Gasteiger partial charge on any atom is -0.458 e. The number of benzene rings is 1. The molecule has 1 fully saturated rings. The first kappa shape index (κ1) is 17.5. The number of hydrogen-bond donors (Lipinski definition) is 1. The van der Waals surface area contributed by atoms with Crippen molar-refractivity contribution in [3.63, 3.8) is 0 Å². The van der Waals surface area contributed by atoms with Crippen LogP contribution in [0.4, 0.5) is 4.79 Å². The number of halogens is 1. The van der Waals surface area contributed by atoms with Crippen LogP contribution in [-0.2, 0) is 6.54 Å². The number of carbonyl (C=O) groups is 1. The Bertz CT molecular complexity index is 731. The Morgan fingerprint density at radius 2 is 1.96 bits per heavy atom. The lowest BCUT2D eigenvalue weighted by Crippen LogP contribution is -2.39. The van der Waals surface area contributed by atoms with Gasteiger partial charge >= 0.3 is 12.0 Å². The molecule has 0 bridgehead atoms. The van der Waals surface area contributed by atoms with Gasteiger partial charge in [-0.3, -0.25) is 0 Å². The average molecular weight is 361 g/mol. The number of ether oxygens (including phenoxy) is 1. The molecular weight excluding hydrogens is 340 g/mol. The van der Waals surface area contributed by atoms with E-state index in [0.717, 1.165) is 23.4 Å². The van der Waals surface area contributed by atoms with Gasteiger partial charge in [0.15, 0.2) is 0 Å². The van der Waals surface area contributed by atoms with Gasteiger partial charge in [-0.25, -0.2) is 14.8 Å². The van der Waals surface area contributed by atoms with E-state index in [9.17, 15) is 4.79 Å². The van der Waals surface area contributed by atoms with Gasteiger partial charge in [0.25, 0.3) is 0 Å². The lowest BCUT2D eigenvalue weighted by atomic mass is 10.2. The smallest absolute Gasteiger partial charge is 0.317 e. The van der Waals surface area contributed by atoms with E-state index in [1.54, 1.807) is 4.90 Å². The predicted octanol–water partition coefficient (Wildman–Crippen LogP) is 3.11. The van der Waals surface area contributed by atoms with E-state index in [-0.39, 0.29) is 12.1 Å². The number of aryl methyl sites for hydroxylation is 2. The maximum atomic E-state index is 12.3. The summed E-state index contributed by atoms with van der Waals surface area (Å²) < 4.78 is 5.83. The second-order valence-corrected chi connectivity index (χ2v) is 6.63. The number of nitrogens with zero attached hydrogens (tertiary/aromatic N) is 3. The Labute approximate surface area is 152 Å². The molecule has 2 aromatic rings. The summed E-state index contributed by atoms with van der Waals surface area (Å²) in [5.74, 6) is 0. The van der Waals surface area contributed by atoms with Crippen molar-refractivity contribution in [2.45, 2.75) is 32.9 Å². The van der Waals surface area contributed by atoms with Crippen molar-refractivity contribution in [1.29, 1.82) is 0 Å². The summed E-state index contributed by atoms with van der Waals surface area (Å²) in [6, 6.07) is 9.61. The van der Waals surface area contributed by atoms with E-state index in [0.29, 0.717) is 30.7 Å². The van der Waals surface area contributed by atoms with Crippen LogP contribution in [0.5, 0.6) is 6.01 Å². The minimum atomic E-state index is -0.0950. The zero-order valence-electron chi connectivity index (χ0n) is 14.3. The van der Waals surface area contributed by atoms with Crippen LogP contribution in [0.25, 0.3) is 0 Å². The molecule has 1 N–H and O–H groups in total. The van der Waals surface area contributed by atoms with Crippen LogP contribution in [0, 0.1) is 13.8 Å². The van der Waals surface area contributed by atoms with Crippen LogP contribution in [0.15, 0.2) is 30.3 Å². The number of amides is 2. The third-order valence-electron chi connectivity index (χ3n) is 4.02. The fraction of sp³-hybridized carbons (Fsp3) is 0.389. The quantitative estimate of drug-likeness (QED) is 0.909. The molecule has 0 radical (unpaired) electrons. The summed E-state index contributed by atoms with van der Waals surface area (Å²) in [5, 5.41) is 3.60. The Balaban J connectivity index is 1.49. The number of rotatable bonds is 4. The number of hydrogen-bond acceptors (Lipinski definition) is 4. The minimum absolute atomic E-state index is 0.0810. The van der Waals surface area contributed by atoms with Gasteiger partial charge in [-0.2, -0.15) is 0 Å². The lowest BCUT2D eigenvalue weighted by molar-refractivity contribution is 0.177. The standard InChI is InChI=1S/C18H21ClN4O2/c1-12-9-13(2)22-17(21-12)25-16-7-8-23(11-16)18(24)20-10-14-3-5-15(19)6-4-14/h3-6,9,16H,7-8,10-11H2,1-2H3,(H,20,24)/t16-/m0/s1. The molecule has 2 heterocycles. The lowest BCUT2D eigenvalue weighted by Gasteiger charge is -2.17. The topological polar surface area (TPSA) is 67.3 Å². The van der Waals surface area contributed by atoms with Crippen molar-refractivity contribution >= 4 is 17.6 Å². The molecule has 1 saturated heterocycles. The molecule has 3 rings (SSSR count). The largest absolute Gasteiger partial charge is 0.458 e. The highest BCUT2D eigenvalue weighted by Gasteiger charge is 2.28. The summed E-state index contributed by atoms with van der Waals surface area (Å²) in [6.07, 6.45) is 0.688. The fourth-order valence-corrected chi connectivity index (χ4v) is 2.92. The van der Waals surface area contributed by atoms with E-state index < -0.39 is 0 Å². The second kappa shape index (κ2) is 7.70. The monoisotopic (exact) mass is 360 g/mol. The molecule has 1 aromatic heterocycles. The zero-order chi connectivity index (χ0) is 17.8. The van der Waals surface area contributed by atoms with Gasteiger partial charge < -0.3 is 15.0 Å². The molecule has 0 saturated carbocycles. The van der Waals surface area contributed by atoms with Crippen LogP contribution in [-0.4, -0.2) is 40.1 Å². The van der Waals surface area contributed by atoms with Crippen molar-refractivity contribution in [2.75, 3.05) is 13.1 Å². The summed E-state index contributed by atoms with van der Waals surface area (Å²) in [4.78, 5) is 22.6. The molecule has 25 heavy (non-hydrogen) atoms. The fourth-order valence-electron chi connectivity index (χ4n) is 2.80. The van der Waals surface area contributed by atoms with Crippen molar-refractivity contribution in [2.24, 2.45) is 0 Å². The highest BCUT2D eigenvalue weighted by molar-refractivity contribution is 6.30. The summed E-state index contributed by atoms with van der Waals surface area (Å²) in [7, 11) is 0. The molecule has 0 unspecified atom stereocenters. The highest BCUT2D eigenvalue weighted by atomic mass is 35.5. The summed E-state index contributed by atoms with van der Waals surface area (Å²) in [5.41, 5.74) is 2.75. The van der Waals surface area contributed by atoms with E-state index in [1.165, 1.54) is 0 Å². The van der Waals surface area contributed by atoms with Crippen LogP contribution in [0.1, 0.15) is 23.4 Å². The van der Waals surface area contributed by atoms with Crippen LogP contribution in [0.3, 0.4) is 0 Å². The first-order chi connectivity index (χ1) is 12.0. The molecule has 1 atom stereocenters. The molecule has 1 aliphatic heterocycles. The Kier molecular flexibility index (Phi) is 5.38. The van der Waals surface area contributed by atoms with Gasteiger partial charge in [0.2, 0.25) is 0 Å². The maximum absolute atomic E-state index is 12.3. The van der Waals surface area contributed by atoms with Crippen LogP contribution in [0.2, 0.25) is 5.02 Å². The van der Waals surface area contributed by atoms with Gasteiger partial charge in [0, 0.05) is 35.9 Å². The van der Waals surface area contributed by atoms with Crippen molar-refractivity contribution in [1.82, 2.24) is 20.2 Å². The van der Waals surface area contributed by atoms with E-state index >= 15 is 0 Å². The molecule has 7 heteroatoms. The number of aromatic nitrogens is 2. The van der Waals surface area contributed by atoms with Gasteiger partial charge in [-0.15, -0.1) is 0 Å². The number of carbonyl (C=O) groups excluding carboxylic acids is 1. The maximum Gasteiger partial charge on any atom is 0.317 e. The predicted molar refractivity (Wildman–Crippen MR) is 95.8 cm³/mol. The molecule has 1 aromatic carbocycles.